The van der Waals surface area contributed by atoms with E-state index >= 15 is 4.39 Å². The van der Waals surface area contributed by atoms with Crippen LogP contribution in [-0.4, -0.2) is 50.6 Å². The second kappa shape index (κ2) is 11.0. The lowest BCUT2D eigenvalue weighted by molar-refractivity contribution is -0.162. The molecule has 0 atom stereocenters. The van der Waals surface area contributed by atoms with Crippen molar-refractivity contribution in [1.29, 1.82) is 0 Å². The topological polar surface area (TPSA) is 71.3 Å². The zero-order chi connectivity index (χ0) is 32.3. The molecule has 2 aliphatic rings. The Bertz CT molecular complexity index is 1790. The van der Waals surface area contributed by atoms with Gasteiger partial charge in [0.15, 0.2) is 5.69 Å². The number of alkyl halides is 6. The maximum Gasteiger partial charge on any atom is 0.417 e. The summed E-state index contributed by atoms with van der Waals surface area (Å²) in [7, 11) is 0. The van der Waals surface area contributed by atoms with Crippen LogP contribution in [-0.2, 0) is 23.6 Å². The van der Waals surface area contributed by atoms with Crippen molar-refractivity contribution in [3.8, 4) is 16.9 Å². The maximum atomic E-state index is 15.0. The number of piperidine rings is 1. The van der Waals surface area contributed by atoms with E-state index in [4.69, 9.17) is 0 Å². The average Bonchev–Trinajstić information content (AvgIpc) is 3.60. The van der Waals surface area contributed by atoms with Crippen LogP contribution in [0.3, 0.4) is 0 Å². The molecule has 2 aromatic heterocycles. The van der Waals surface area contributed by atoms with E-state index in [1.807, 2.05) is 0 Å². The fourth-order valence-electron chi connectivity index (χ4n) is 5.90. The Morgan fingerprint density at radius 1 is 0.933 bits per heavy atom. The predicted molar refractivity (Wildman–Crippen MR) is 148 cm³/mol. The first kappa shape index (κ1) is 30.3. The van der Waals surface area contributed by atoms with Crippen molar-refractivity contribution in [3.05, 3.63) is 94.7 Å². The molecule has 0 bridgehead atoms. The molecule has 0 unspecified atom stereocenters. The van der Waals surface area contributed by atoms with Gasteiger partial charge in [-0.15, -0.1) is 0 Å². The minimum Gasteiger partial charge on any atom is -0.337 e. The van der Waals surface area contributed by atoms with E-state index in [-0.39, 0.29) is 54.2 Å². The van der Waals surface area contributed by atoms with Crippen molar-refractivity contribution in [3.63, 3.8) is 0 Å². The van der Waals surface area contributed by atoms with Crippen LogP contribution in [0, 0.1) is 12.7 Å². The van der Waals surface area contributed by atoms with E-state index in [0.29, 0.717) is 41.7 Å². The first-order chi connectivity index (χ1) is 21.2. The zero-order valence-corrected chi connectivity index (χ0v) is 23.6. The van der Waals surface area contributed by atoms with Gasteiger partial charge in [-0.1, -0.05) is 12.1 Å². The van der Waals surface area contributed by atoms with E-state index in [0.717, 1.165) is 10.7 Å². The minimum absolute atomic E-state index is 0.0836. The first-order valence-corrected chi connectivity index (χ1v) is 13.9. The molecule has 2 aliphatic heterocycles. The summed E-state index contributed by atoms with van der Waals surface area (Å²) in [6.07, 6.45) is -6.96. The summed E-state index contributed by atoms with van der Waals surface area (Å²) < 4.78 is 97.4. The van der Waals surface area contributed by atoms with Gasteiger partial charge < -0.3 is 9.80 Å². The lowest BCUT2D eigenvalue weighted by Gasteiger charge is -2.37. The number of benzene rings is 2. The number of pyridine rings is 1. The first-order valence-electron chi connectivity index (χ1n) is 13.9. The standard InChI is InChI=1S/C31H24F7N5O2/c1-17-4-5-18-13-26(44)42(28(18)27(17)32)20-8-11-41(12-9-20)29(45)24-15-25(19-3-2-10-39-16-19)43(40-24)21-6-7-22(30(33,34)35)23(14-21)31(36,37)38/h2-7,10,14-16,20H,8-9,11-13H2,1H3. The number of hydrogen-bond acceptors (Lipinski definition) is 4. The quantitative estimate of drug-likeness (QED) is 0.238. The van der Waals surface area contributed by atoms with Crippen molar-refractivity contribution in [2.24, 2.45) is 0 Å². The molecule has 4 aromatic rings. The highest BCUT2D eigenvalue weighted by Crippen LogP contribution is 2.42. The summed E-state index contributed by atoms with van der Waals surface area (Å²) >= 11 is 0. The number of carbonyl (C=O) groups excluding carboxylic acids is 2. The number of nitrogens with zero attached hydrogens (tertiary/aromatic N) is 5. The molecule has 0 saturated carbocycles. The molecule has 234 valence electrons. The molecule has 0 radical (unpaired) electrons. The summed E-state index contributed by atoms with van der Waals surface area (Å²) in [4.78, 5) is 33.4. The van der Waals surface area contributed by atoms with Gasteiger partial charge in [0.1, 0.15) is 5.82 Å². The van der Waals surface area contributed by atoms with Crippen LogP contribution in [0.5, 0.6) is 0 Å². The van der Waals surface area contributed by atoms with Crippen molar-refractivity contribution >= 4 is 17.5 Å². The number of carbonyl (C=O) groups is 2. The summed E-state index contributed by atoms with van der Waals surface area (Å²) in [5, 5.41) is 4.24. The molecule has 6 rings (SSSR count). The number of hydrogen-bond donors (Lipinski definition) is 0. The van der Waals surface area contributed by atoms with Crippen molar-refractivity contribution < 1.29 is 40.3 Å². The molecule has 1 fully saturated rings. The SMILES string of the molecule is Cc1ccc2c(c1F)N(C1CCN(C(=O)c3cc(-c4cccnc4)n(-c4ccc(C(F)(F)F)c(C(F)(F)F)c4)n3)CC1)C(=O)C2. The number of anilines is 1. The average molecular weight is 632 g/mol. The number of aryl methyl sites for hydroxylation is 1. The number of aromatic nitrogens is 3. The molecule has 14 heteroatoms. The number of fused-ring (bicyclic) bond motifs is 1. The van der Waals surface area contributed by atoms with Gasteiger partial charge in [-0.3, -0.25) is 14.6 Å². The third kappa shape index (κ3) is 5.53. The van der Waals surface area contributed by atoms with Crippen molar-refractivity contribution in [2.75, 3.05) is 18.0 Å². The van der Waals surface area contributed by atoms with Gasteiger partial charge in [0.2, 0.25) is 5.91 Å². The van der Waals surface area contributed by atoms with Gasteiger partial charge in [-0.2, -0.15) is 31.4 Å². The van der Waals surface area contributed by atoms with Gasteiger partial charge in [0, 0.05) is 37.1 Å². The molecular formula is C31H24F7N5O2. The van der Waals surface area contributed by atoms with E-state index in [1.165, 1.54) is 28.3 Å². The lowest BCUT2D eigenvalue weighted by Crippen LogP contribution is -2.48. The Kier molecular flexibility index (Phi) is 7.40. The highest BCUT2D eigenvalue weighted by Gasteiger charge is 2.43. The summed E-state index contributed by atoms with van der Waals surface area (Å²) in [6.45, 7) is 1.98. The van der Waals surface area contributed by atoms with Gasteiger partial charge in [-0.05, 0) is 67.3 Å². The summed E-state index contributed by atoms with van der Waals surface area (Å²) in [5.74, 6) is -1.24. The molecule has 0 spiro atoms. The molecule has 45 heavy (non-hydrogen) atoms. The molecule has 0 N–H and O–H groups in total. The Morgan fingerprint density at radius 2 is 1.64 bits per heavy atom. The van der Waals surface area contributed by atoms with E-state index in [1.54, 1.807) is 31.2 Å². The van der Waals surface area contributed by atoms with Crippen molar-refractivity contribution in [1.82, 2.24) is 19.7 Å². The molecule has 0 aliphatic carbocycles. The fourth-order valence-corrected chi connectivity index (χ4v) is 5.90. The Balaban J connectivity index is 1.30. The van der Waals surface area contributed by atoms with Crippen molar-refractivity contribution in [2.45, 2.75) is 44.6 Å². The Labute approximate surface area is 251 Å². The van der Waals surface area contributed by atoms with E-state index < -0.39 is 35.2 Å². The fraction of sp³-hybridized carbons (Fsp3) is 0.290. The summed E-state index contributed by atoms with van der Waals surface area (Å²) in [6, 6.07) is 9.01. The van der Waals surface area contributed by atoms with E-state index in [2.05, 4.69) is 10.1 Å². The van der Waals surface area contributed by atoms with Gasteiger partial charge >= 0.3 is 12.4 Å². The molecule has 2 amide bonds. The van der Waals surface area contributed by atoms with Crippen LogP contribution in [0.25, 0.3) is 16.9 Å². The van der Waals surface area contributed by atoms with Gasteiger partial charge in [0.25, 0.3) is 5.91 Å². The molecular weight excluding hydrogens is 607 g/mol. The van der Waals surface area contributed by atoms with Crippen LogP contribution in [0.2, 0.25) is 0 Å². The Morgan fingerprint density at radius 3 is 2.29 bits per heavy atom. The third-order valence-electron chi connectivity index (χ3n) is 8.11. The predicted octanol–water partition coefficient (Wildman–Crippen LogP) is 6.61. The van der Waals surface area contributed by atoms with E-state index in [9.17, 15) is 35.9 Å². The second-order valence-corrected chi connectivity index (χ2v) is 11.0. The summed E-state index contributed by atoms with van der Waals surface area (Å²) in [5.41, 5.74) is -2.44. The highest BCUT2D eigenvalue weighted by atomic mass is 19.4. The highest BCUT2D eigenvalue weighted by molar-refractivity contribution is 6.02. The number of halogens is 7. The number of rotatable bonds is 4. The third-order valence-corrected chi connectivity index (χ3v) is 8.11. The minimum atomic E-state index is -5.32. The second-order valence-electron chi connectivity index (χ2n) is 11.0. The maximum absolute atomic E-state index is 15.0. The largest absolute Gasteiger partial charge is 0.417 e. The van der Waals surface area contributed by atoms with Gasteiger partial charge in [0.05, 0.1) is 34.6 Å². The van der Waals surface area contributed by atoms with Gasteiger partial charge in [-0.25, -0.2) is 9.07 Å². The van der Waals surface area contributed by atoms with Crippen LogP contribution in [0.15, 0.2) is 60.9 Å². The van der Waals surface area contributed by atoms with Crippen LogP contribution in [0.1, 0.15) is 45.6 Å². The van der Waals surface area contributed by atoms with Crippen LogP contribution >= 0.6 is 0 Å². The molecule has 2 aromatic carbocycles. The smallest absolute Gasteiger partial charge is 0.337 e. The normalized spacial score (nSPS) is 16.0. The molecule has 1 saturated heterocycles. The Hall–Kier alpha value is -4.75. The molecule has 7 nitrogen and oxygen atoms in total. The zero-order valence-electron chi connectivity index (χ0n) is 23.6. The van der Waals surface area contributed by atoms with Crippen LogP contribution < -0.4 is 4.90 Å². The number of likely N-dealkylation sites (tertiary alicyclic amines) is 1. The van der Waals surface area contributed by atoms with Crippen LogP contribution in [0.4, 0.5) is 36.4 Å². The lowest BCUT2D eigenvalue weighted by atomic mass is 10.0. The monoisotopic (exact) mass is 631 g/mol. The molecule has 4 heterocycles. The number of amides is 2.